The predicted octanol–water partition coefficient (Wildman–Crippen LogP) is 14.9. The van der Waals surface area contributed by atoms with Gasteiger partial charge in [0, 0.05) is 22.3 Å². The third-order valence-electron chi connectivity index (χ3n) is 10.1. The standard InChI is InChI=1S/C43H23F17O4/c1-14-22(44)30(52)36(31(53)23(14)45)63-40-34(56)26(48)16(3)28(50)38(40)61-20-10-6-18(7-11-20)42(5,43(58,59)60)19-8-12-21(13-9-19)62-39-29(51)17(4)27(49)35(57)41(39)64-37-32(54)24(46)15(2)25(47)33(37)55/h6-13H,1-5H3. The summed E-state index contributed by atoms with van der Waals surface area (Å²) in [6.07, 6.45) is -5.20. The lowest BCUT2D eigenvalue weighted by Gasteiger charge is -2.33. The maximum absolute atomic E-state index is 15.4. The molecule has 0 aliphatic rings. The third-order valence-corrected chi connectivity index (χ3v) is 10.1. The molecule has 0 saturated heterocycles. The molecule has 0 unspecified atom stereocenters. The lowest BCUT2D eigenvalue weighted by atomic mass is 9.75. The van der Waals surface area contributed by atoms with Crippen molar-refractivity contribution >= 4 is 0 Å². The van der Waals surface area contributed by atoms with E-state index < -0.39 is 172 Å². The molecule has 0 saturated carbocycles. The normalized spacial score (nSPS) is 11.9. The van der Waals surface area contributed by atoms with Crippen LogP contribution in [-0.4, -0.2) is 6.18 Å². The molecule has 0 amide bonds. The number of benzene rings is 6. The van der Waals surface area contributed by atoms with Gasteiger partial charge in [0.15, 0.2) is 46.5 Å². The van der Waals surface area contributed by atoms with Gasteiger partial charge in [-0.2, -0.15) is 39.5 Å². The molecule has 0 aliphatic carbocycles. The average Bonchev–Trinajstić information content (AvgIpc) is 3.27. The monoisotopic (exact) mass is 926 g/mol. The van der Waals surface area contributed by atoms with Gasteiger partial charge in [0.05, 0.1) is 0 Å². The van der Waals surface area contributed by atoms with Crippen molar-refractivity contribution in [3.05, 3.63) is 163 Å². The van der Waals surface area contributed by atoms with Gasteiger partial charge in [0.25, 0.3) is 0 Å². The fourth-order valence-electron chi connectivity index (χ4n) is 6.09. The summed E-state index contributed by atoms with van der Waals surface area (Å²) >= 11 is 0. The fraction of sp³-hybridized carbons (Fsp3) is 0.163. The van der Waals surface area contributed by atoms with Crippen LogP contribution in [0.2, 0.25) is 0 Å². The van der Waals surface area contributed by atoms with Gasteiger partial charge in [0.1, 0.15) is 16.9 Å². The van der Waals surface area contributed by atoms with E-state index in [1.165, 1.54) is 0 Å². The number of alkyl halides is 3. The Hall–Kier alpha value is -6.67. The molecular weight excluding hydrogens is 903 g/mol. The Balaban J connectivity index is 1.35. The molecule has 4 nitrogen and oxygen atoms in total. The van der Waals surface area contributed by atoms with E-state index in [2.05, 4.69) is 9.47 Å². The topological polar surface area (TPSA) is 36.9 Å². The second-order valence-corrected chi connectivity index (χ2v) is 14.0. The summed E-state index contributed by atoms with van der Waals surface area (Å²) in [6.45, 7) is 3.29. The quantitative estimate of drug-likeness (QED) is 0.101. The van der Waals surface area contributed by atoms with E-state index in [1.807, 2.05) is 0 Å². The van der Waals surface area contributed by atoms with Gasteiger partial charge in [0.2, 0.25) is 69.4 Å². The first-order valence-electron chi connectivity index (χ1n) is 17.7. The molecule has 0 radical (unpaired) electrons. The third kappa shape index (κ3) is 7.63. The molecule has 0 heterocycles. The van der Waals surface area contributed by atoms with Crippen molar-refractivity contribution in [2.75, 3.05) is 0 Å². The summed E-state index contributed by atoms with van der Waals surface area (Å²) < 4.78 is 270. The minimum Gasteiger partial charge on any atom is -0.450 e. The Morgan fingerprint density at radius 3 is 0.766 bits per heavy atom. The minimum atomic E-state index is -5.20. The highest BCUT2D eigenvalue weighted by atomic mass is 19.4. The number of rotatable bonds is 10. The van der Waals surface area contributed by atoms with E-state index in [4.69, 9.17) is 9.47 Å². The number of halogens is 17. The lowest BCUT2D eigenvalue weighted by Crippen LogP contribution is -2.40. The Morgan fingerprint density at radius 2 is 0.516 bits per heavy atom. The number of hydrogen-bond donors (Lipinski definition) is 0. The second kappa shape index (κ2) is 16.8. The molecule has 0 spiro atoms. The summed E-state index contributed by atoms with van der Waals surface area (Å²) in [5.74, 6) is -40.5. The van der Waals surface area contributed by atoms with E-state index in [1.54, 1.807) is 0 Å². The Labute approximate surface area is 349 Å². The van der Waals surface area contributed by atoms with Crippen molar-refractivity contribution in [2.45, 2.75) is 46.2 Å². The number of ether oxygens (including phenoxy) is 4. The largest absolute Gasteiger partial charge is 0.450 e. The van der Waals surface area contributed by atoms with Crippen molar-refractivity contribution in [3.8, 4) is 46.0 Å². The van der Waals surface area contributed by atoms with Crippen LogP contribution in [0, 0.1) is 109 Å². The average molecular weight is 927 g/mol. The number of hydrogen-bond acceptors (Lipinski definition) is 4. The molecule has 6 aromatic rings. The van der Waals surface area contributed by atoms with Crippen LogP contribution in [0.4, 0.5) is 74.6 Å². The Bertz CT molecular complexity index is 2620. The first-order chi connectivity index (χ1) is 29.8. The first kappa shape index (κ1) is 46.8. The molecule has 6 aromatic carbocycles. The zero-order valence-electron chi connectivity index (χ0n) is 32.7. The highest BCUT2D eigenvalue weighted by molar-refractivity contribution is 5.54. The lowest BCUT2D eigenvalue weighted by molar-refractivity contribution is -0.173. The van der Waals surface area contributed by atoms with E-state index in [0.717, 1.165) is 48.5 Å². The van der Waals surface area contributed by atoms with E-state index >= 15 is 17.6 Å². The van der Waals surface area contributed by atoms with Crippen molar-refractivity contribution in [2.24, 2.45) is 0 Å². The van der Waals surface area contributed by atoms with E-state index in [-0.39, 0.29) is 0 Å². The van der Waals surface area contributed by atoms with Gasteiger partial charge in [-0.25, -0.2) is 35.1 Å². The molecule has 6 rings (SSSR count). The zero-order valence-corrected chi connectivity index (χ0v) is 32.7. The molecule has 0 fully saturated rings. The molecule has 0 aliphatic heterocycles. The van der Waals surface area contributed by atoms with Crippen molar-refractivity contribution in [3.63, 3.8) is 0 Å². The van der Waals surface area contributed by atoms with Crippen LogP contribution in [-0.2, 0) is 5.41 Å². The summed E-state index contributed by atoms with van der Waals surface area (Å²) in [5, 5.41) is 0. The van der Waals surface area contributed by atoms with Crippen LogP contribution in [0.5, 0.6) is 46.0 Å². The van der Waals surface area contributed by atoms with Crippen molar-refractivity contribution < 1.29 is 93.6 Å². The van der Waals surface area contributed by atoms with E-state index in [9.17, 15) is 57.1 Å². The molecule has 338 valence electrons. The minimum absolute atomic E-state index is 0.617. The Morgan fingerprint density at radius 1 is 0.297 bits per heavy atom. The summed E-state index contributed by atoms with van der Waals surface area (Å²) in [5.41, 5.74) is -8.79. The molecule has 0 N–H and O–H groups in total. The van der Waals surface area contributed by atoms with Crippen LogP contribution >= 0.6 is 0 Å². The van der Waals surface area contributed by atoms with Crippen LogP contribution in [0.3, 0.4) is 0 Å². The maximum Gasteiger partial charge on any atom is 0.402 e. The zero-order chi connectivity index (χ0) is 47.7. The van der Waals surface area contributed by atoms with Crippen molar-refractivity contribution in [1.29, 1.82) is 0 Å². The second-order valence-electron chi connectivity index (χ2n) is 14.0. The predicted molar refractivity (Wildman–Crippen MR) is 190 cm³/mol. The molecular formula is C43H23F17O4. The van der Waals surface area contributed by atoms with Gasteiger partial charge >= 0.3 is 6.18 Å². The van der Waals surface area contributed by atoms with Gasteiger partial charge in [-0.1, -0.05) is 24.3 Å². The Kier molecular flexibility index (Phi) is 12.3. The summed E-state index contributed by atoms with van der Waals surface area (Å²) in [4.78, 5) is 0. The van der Waals surface area contributed by atoms with Gasteiger partial charge in [-0.3, -0.25) is 0 Å². The van der Waals surface area contributed by atoms with Gasteiger partial charge in [-0.15, -0.1) is 0 Å². The van der Waals surface area contributed by atoms with Gasteiger partial charge in [-0.05, 0) is 70.0 Å². The van der Waals surface area contributed by atoms with Crippen LogP contribution in [0.15, 0.2) is 48.5 Å². The maximum atomic E-state index is 15.4. The molecule has 21 heteroatoms. The molecule has 0 aromatic heterocycles. The fourth-order valence-corrected chi connectivity index (χ4v) is 6.09. The molecule has 64 heavy (non-hydrogen) atoms. The van der Waals surface area contributed by atoms with Gasteiger partial charge < -0.3 is 18.9 Å². The van der Waals surface area contributed by atoms with E-state index in [0.29, 0.717) is 34.6 Å². The highest BCUT2D eigenvalue weighted by Gasteiger charge is 2.53. The SMILES string of the molecule is Cc1c(F)c(F)c(Oc2c(F)c(F)c(C)c(F)c2Oc2ccc(C(C)(c3ccc(Oc4c(F)c(C)c(F)c(F)c4Oc4c(F)c(F)c(C)c(F)c4F)cc3)C(F)(F)F)cc2)c(F)c1F. The van der Waals surface area contributed by atoms with Crippen LogP contribution in [0.1, 0.15) is 40.3 Å². The molecule has 0 atom stereocenters. The highest BCUT2D eigenvalue weighted by Crippen LogP contribution is 2.50. The smallest absolute Gasteiger partial charge is 0.402 e. The summed E-state index contributed by atoms with van der Waals surface area (Å²) in [7, 11) is 0. The van der Waals surface area contributed by atoms with Crippen LogP contribution in [0.25, 0.3) is 0 Å². The first-order valence-corrected chi connectivity index (χ1v) is 17.7. The van der Waals surface area contributed by atoms with Crippen molar-refractivity contribution in [1.82, 2.24) is 0 Å². The summed E-state index contributed by atoms with van der Waals surface area (Å²) in [6, 6.07) is 5.99. The molecule has 0 bridgehead atoms. The van der Waals surface area contributed by atoms with Crippen LogP contribution < -0.4 is 18.9 Å².